The second-order valence-corrected chi connectivity index (χ2v) is 7.91. The molecular formula is C19H17N7O4S. The van der Waals surface area contributed by atoms with E-state index in [1.54, 1.807) is 16.8 Å². The molecule has 0 bridgehead atoms. The third-order valence-corrected chi connectivity index (χ3v) is 5.67. The molecule has 3 aromatic rings. The van der Waals surface area contributed by atoms with E-state index in [-0.39, 0.29) is 27.8 Å². The summed E-state index contributed by atoms with van der Waals surface area (Å²) in [5.74, 6) is -0.443. The zero-order valence-electron chi connectivity index (χ0n) is 16.1. The van der Waals surface area contributed by atoms with E-state index < -0.39 is 10.8 Å². The van der Waals surface area contributed by atoms with Crippen LogP contribution in [-0.2, 0) is 4.79 Å². The van der Waals surface area contributed by atoms with Crippen molar-refractivity contribution in [2.75, 3.05) is 11.1 Å². The molecule has 0 spiro atoms. The van der Waals surface area contributed by atoms with Gasteiger partial charge < -0.3 is 11.1 Å². The van der Waals surface area contributed by atoms with Gasteiger partial charge in [0.25, 0.3) is 5.69 Å². The van der Waals surface area contributed by atoms with Crippen LogP contribution in [0.4, 0.5) is 11.4 Å². The molecule has 1 fully saturated rings. The summed E-state index contributed by atoms with van der Waals surface area (Å²) in [6.07, 6.45) is 2.13. The number of hydrogen-bond acceptors (Lipinski definition) is 8. The number of rotatable bonds is 8. The monoisotopic (exact) mass is 439 g/mol. The Morgan fingerprint density at radius 1 is 1.23 bits per heavy atom. The van der Waals surface area contributed by atoms with E-state index in [9.17, 15) is 19.7 Å². The van der Waals surface area contributed by atoms with Gasteiger partial charge in [-0.2, -0.15) is 0 Å². The summed E-state index contributed by atoms with van der Waals surface area (Å²) in [5, 5.41) is 25.8. The van der Waals surface area contributed by atoms with E-state index in [0.29, 0.717) is 17.6 Å². The Balaban J connectivity index is 1.38. The Hall–Kier alpha value is -3.80. The normalized spacial score (nSPS) is 13.0. The number of thioether (sulfide) groups is 1. The van der Waals surface area contributed by atoms with Crippen molar-refractivity contribution < 1.29 is 14.5 Å². The van der Waals surface area contributed by atoms with Gasteiger partial charge in [-0.1, -0.05) is 0 Å². The summed E-state index contributed by atoms with van der Waals surface area (Å²) in [6.45, 7) is 0. The van der Waals surface area contributed by atoms with Crippen molar-refractivity contribution in [3.63, 3.8) is 0 Å². The lowest BCUT2D eigenvalue weighted by Gasteiger charge is -2.07. The number of benzene rings is 2. The molecule has 2 amide bonds. The Morgan fingerprint density at radius 2 is 1.97 bits per heavy atom. The number of primary amides is 1. The van der Waals surface area contributed by atoms with E-state index in [0.717, 1.165) is 36.2 Å². The molecular weight excluding hydrogens is 422 g/mol. The second kappa shape index (κ2) is 8.52. The SMILES string of the molecule is NC(=O)c1ccc(SCC(=O)Nc2ccc(-c3nnnn3C3CC3)cc2)c([N+](=O)[O-])c1. The highest BCUT2D eigenvalue weighted by atomic mass is 32.2. The molecule has 1 saturated carbocycles. The number of nitro benzene ring substituents is 1. The Morgan fingerprint density at radius 3 is 2.61 bits per heavy atom. The Labute approximate surface area is 180 Å². The van der Waals surface area contributed by atoms with Crippen LogP contribution in [0.2, 0.25) is 0 Å². The van der Waals surface area contributed by atoms with Crippen molar-refractivity contribution in [1.82, 2.24) is 20.2 Å². The molecule has 0 atom stereocenters. The van der Waals surface area contributed by atoms with Gasteiger partial charge in [-0.25, -0.2) is 4.68 Å². The summed E-state index contributed by atoms with van der Waals surface area (Å²) >= 11 is 1.00. The number of amides is 2. The summed E-state index contributed by atoms with van der Waals surface area (Å²) in [4.78, 5) is 34.4. The van der Waals surface area contributed by atoms with Crippen molar-refractivity contribution in [2.45, 2.75) is 23.8 Å². The van der Waals surface area contributed by atoms with Crippen LogP contribution in [-0.4, -0.2) is 42.7 Å². The van der Waals surface area contributed by atoms with Crippen LogP contribution in [0, 0.1) is 10.1 Å². The van der Waals surface area contributed by atoms with Gasteiger partial charge in [-0.3, -0.25) is 19.7 Å². The van der Waals surface area contributed by atoms with Crippen molar-refractivity contribution in [3.05, 3.63) is 58.1 Å². The molecule has 2 aromatic carbocycles. The molecule has 0 aliphatic heterocycles. The van der Waals surface area contributed by atoms with Gasteiger partial charge in [0.15, 0.2) is 5.82 Å². The minimum absolute atomic E-state index is 0.0355. The number of aromatic nitrogens is 4. The van der Waals surface area contributed by atoms with Crippen LogP contribution in [0.5, 0.6) is 0 Å². The molecule has 1 aliphatic carbocycles. The standard InChI is InChI=1S/C19H17N7O4S/c20-18(28)12-3-8-16(15(9-12)26(29)30)31-10-17(27)21-13-4-1-11(2-5-13)19-22-23-24-25(19)14-6-7-14/h1-5,8-9,14H,6-7,10H2,(H2,20,28)(H,21,27). The summed E-state index contributed by atoms with van der Waals surface area (Å²) < 4.78 is 1.81. The van der Waals surface area contributed by atoms with Gasteiger partial charge in [0.05, 0.1) is 21.6 Å². The van der Waals surface area contributed by atoms with Gasteiger partial charge in [0.2, 0.25) is 11.8 Å². The predicted molar refractivity (Wildman–Crippen MR) is 112 cm³/mol. The highest BCUT2D eigenvalue weighted by Gasteiger charge is 2.28. The number of nitrogens with one attached hydrogen (secondary N) is 1. The molecule has 0 saturated heterocycles. The largest absolute Gasteiger partial charge is 0.366 e. The number of nitrogens with two attached hydrogens (primary N) is 1. The maximum absolute atomic E-state index is 12.3. The van der Waals surface area contributed by atoms with E-state index in [1.165, 1.54) is 12.1 Å². The number of hydrogen-bond donors (Lipinski definition) is 2. The molecule has 1 aliphatic rings. The summed E-state index contributed by atoms with van der Waals surface area (Å²) in [7, 11) is 0. The molecule has 1 heterocycles. The van der Waals surface area contributed by atoms with Gasteiger partial charge >= 0.3 is 0 Å². The van der Waals surface area contributed by atoms with Crippen molar-refractivity contribution in [1.29, 1.82) is 0 Å². The third kappa shape index (κ3) is 4.69. The smallest absolute Gasteiger partial charge is 0.283 e. The number of tetrazole rings is 1. The Kier molecular flexibility index (Phi) is 5.62. The second-order valence-electron chi connectivity index (χ2n) is 6.90. The lowest BCUT2D eigenvalue weighted by molar-refractivity contribution is -0.387. The van der Waals surface area contributed by atoms with E-state index >= 15 is 0 Å². The minimum Gasteiger partial charge on any atom is -0.366 e. The zero-order valence-corrected chi connectivity index (χ0v) is 16.9. The predicted octanol–water partition coefficient (Wildman–Crippen LogP) is 2.41. The van der Waals surface area contributed by atoms with E-state index in [4.69, 9.17) is 5.73 Å². The maximum Gasteiger partial charge on any atom is 0.283 e. The lowest BCUT2D eigenvalue weighted by Crippen LogP contribution is -2.14. The van der Waals surface area contributed by atoms with Crippen LogP contribution >= 0.6 is 11.8 Å². The lowest BCUT2D eigenvalue weighted by atomic mass is 10.2. The quantitative estimate of drug-likeness (QED) is 0.307. The van der Waals surface area contributed by atoms with Gasteiger partial charge in [-0.15, -0.1) is 16.9 Å². The van der Waals surface area contributed by atoms with Gasteiger partial charge in [-0.05, 0) is 59.7 Å². The molecule has 3 N–H and O–H groups in total. The van der Waals surface area contributed by atoms with Crippen LogP contribution in [0.15, 0.2) is 47.4 Å². The number of nitro groups is 1. The van der Waals surface area contributed by atoms with Crippen LogP contribution in [0.1, 0.15) is 29.2 Å². The highest BCUT2D eigenvalue weighted by Crippen LogP contribution is 2.36. The van der Waals surface area contributed by atoms with Crippen LogP contribution < -0.4 is 11.1 Å². The molecule has 0 unspecified atom stereocenters. The van der Waals surface area contributed by atoms with Crippen molar-refractivity contribution in [3.8, 4) is 11.4 Å². The van der Waals surface area contributed by atoms with E-state index in [1.807, 2.05) is 12.1 Å². The van der Waals surface area contributed by atoms with Crippen molar-refractivity contribution >= 4 is 35.0 Å². The molecule has 0 radical (unpaired) electrons. The fraction of sp³-hybridized carbons (Fsp3) is 0.211. The zero-order chi connectivity index (χ0) is 22.0. The topological polar surface area (TPSA) is 159 Å². The first-order valence-corrected chi connectivity index (χ1v) is 10.3. The summed E-state index contributed by atoms with van der Waals surface area (Å²) in [6, 6.07) is 11.4. The third-order valence-electron chi connectivity index (χ3n) is 4.61. The molecule has 12 heteroatoms. The number of anilines is 1. The van der Waals surface area contributed by atoms with Crippen LogP contribution in [0.25, 0.3) is 11.4 Å². The molecule has 4 rings (SSSR count). The summed E-state index contributed by atoms with van der Waals surface area (Å²) in [5.41, 5.74) is 6.35. The minimum atomic E-state index is -0.757. The fourth-order valence-corrected chi connectivity index (χ4v) is 3.73. The van der Waals surface area contributed by atoms with Gasteiger partial charge in [0.1, 0.15) is 0 Å². The molecule has 31 heavy (non-hydrogen) atoms. The number of carbonyl (C=O) groups is 2. The van der Waals surface area contributed by atoms with Crippen molar-refractivity contribution in [2.24, 2.45) is 5.73 Å². The molecule has 11 nitrogen and oxygen atoms in total. The molecule has 158 valence electrons. The fourth-order valence-electron chi connectivity index (χ4n) is 2.93. The Bertz CT molecular complexity index is 1160. The maximum atomic E-state index is 12.3. The number of nitrogens with zero attached hydrogens (tertiary/aromatic N) is 5. The average molecular weight is 439 g/mol. The van der Waals surface area contributed by atoms with Gasteiger partial charge in [0, 0.05) is 22.9 Å². The highest BCUT2D eigenvalue weighted by molar-refractivity contribution is 8.00. The first-order chi connectivity index (χ1) is 14.9. The first kappa shape index (κ1) is 20.5. The molecule has 1 aromatic heterocycles. The average Bonchev–Trinajstić information content (AvgIpc) is 3.49. The first-order valence-electron chi connectivity index (χ1n) is 9.31. The van der Waals surface area contributed by atoms with E-state index in [2.05, 4.69) is 20.8 Å². The number of carbonyl (C=O) groups excluding carboxylic acids is 2. The van der Waals surface area contributed by atoms with Crippen LogP contribution in [0.3, 0.4) is 0 Å².